The number of aryl methyl sites for hydroxylation is 1. The maximum absolute atomic E-state index is 12.9. The molecule has 0 spiro atoms. The molecule has 0 radical (unpaired) electrons. The first kappa shape index (κ1) is 11.7. The Balaban J connectivity index is 2.05. The maximum atomic E-state index is 12.9. The molecule has 0 fully saturated rings. The second-order valence-electron chi connectivity index (χ2n) is 4.45. The molecule has 0 saturated carbocycles. The molecule has 0 saturated heterocycles. The molecule has 0 aliphatic heterocycles. The van der Waals surface area contributed by atoms with E-state index in [4.69, 9.17) is 4.42 Å². The van der Waals surface area contributed by atoms with Crippen molar-refractivity contribution in [3.05, 3.63) is 72.2 Å². The van der Waals surface area contributed by atoms with Crippen LogP contribution >= 0.6 is 0 Å². The molecule has 19 heavy (non-hydrogen) atoms. The molecule has 94 valence electrons. The van der Waals surface area contributed by atoms with Crippen molar-refractivity contribution < 1.29 is 8.81 Å². The predicted octanol–water partition coefficient (Wildman–Crippen LogP) is 5.06. The molecule has 3 rings (SSSR count). The Morgan fingerprint density at radius 1 is 0.842 bits per heavy atom. The number of halogens is 1. The zero-order chi connectivity index (χ0) is 13.2. The average molecular weight is 252 g/mol. The summed E-state index contributed by atoms with van der Waals surface area (Å²) in [6, 6.07) is 18.4. The zero-order valence-corrected chi connectivity index (χ0v) is 10.6. The van der Waals surface area contributed by atoms with E-state index >= 15 is 0 Å². The Kier molecular flexibility index (Phi) is 2.92. The third-order valence-corrected chi connectivity index (χ3v) is 3.13. The summed E-state index contributed by atoms with van der Waals surface area (Å²) in [5, 5.41) is 0. The van der Waals surface area contributed by atoms with Crippen molar-refractivity contribution in [1.29, 1.82) is 0 Å². The summed E-state index contributed by atoms with van der Waals surface area (Å²) < 4.78 is 18.7. The van der Waals surface area contributed by atoms with Gasteiger partial charge in [-0.1, -0.05) is 42.5 Å². The first-order valence-corrected chi connectivity index (χ1v) is 6.16. The van der Waals surface area contributed by atoms with Crippen molar-refractivity contribution in [2.75, 3.05) is 0 Å². The molecule has 0 N–H and O–H groups in total. The standard InChI is InChI=1S/C17H13FO/c1-12-16(13-7-9-15(18)10-8-13)11-17(19-12)14-5-3-2-4-6-14/h2-11H,1H3. The molecule has 1 heterocycles. The molecule has 0 aliphatic carbocycles. The average Bonchev–Trinajstić information content (AvgIpc) is 2.83. The van der Waals surface area contributed by atoms with Crippen molar-refractivity contribution in [1.82, 2.24) is 0 Å². The number of rotatable bonds is 2. The van der Waals surface area contributed by atoms with Crippen molar-refractivity contribution in [2.45, 2.75) is 6.92 Å². The molecule has 1 nitrogen and oxygen atoms in total. The van der Waals surface area contributed by atoms with Gasteiger partial charge in [0, 0.05) is 11.1 Å². The molecular formula is C17H13FO. The van der Waals surface area contributed by atoms with E-state index in [0.29, 0.717) is 0 Å². The second kappa shape index (κ2) is 4.73. The van der Waals surface area contributed by atoms with Crippen molar-refractivity contribution in [3.8, 4) is 22.5 Å². The zero-order valence-electron chi connectivity index (χ0n) is 10.6. The van der Waals surface area contributed by atoms with Crippen LogP contribution in [0.3, 0.4) is 0 Å². The number of hydrogen-bond acceptors (Lipinski definition) is 1. The quantitative estimate of drug-likeness (QED) is 0.621. The summed E-state index contributed by atoms with van der Waals surface area (Å²) >= 11 is 0. The van der Waals surface area contributed by atoms with Crippen molar-refractivity contribution >= 4 is 0 Å². The number of furan rings is 1. The Bertz CT molecular complexity index is 681. The van der Waals surface area contributed by atoms with Crippen LogP contribution in [0.25, 0.3) is 22.5 Å². The van der Waals surface area contributed by atoms with E-state index in [1.54, 1.807) is 12.1 Å². The Hall–Kier alpha value is -2.35. The van der Waals surface area contributed by atoms with Gasteiger partial charge in [-0.25, -0.2) is 4.39 Å². The Labute approximate surface area is 111 Å². The van der Waals surface area contributed by atoms with E-state index in [1.165, 1.54) is 12.1 Å². The highest BCUT2D eigenvalue weighted by Crippen LogP contribution is 2.32. The number of benzene rings is 2. The van der Waals surface area contributed by atoms with Crippen LogP contribution < -0.4 is 0 Å². The molecule has 3 aromatic rings. The first-order valence-electron chi connectivity index (χ1n) is 6.16. The van der Waals surface area contributed by atoms with Gasteiger partial charge in [0.1, 0.15) is 17.3 Å². The van der Waals surface area contributed by atoms with Gasteiger partial charge in [0.25, 0.3) is 0 Å². The van der Waals surface area contributed by atoms with Gasteiger partial charge >= 0.3 is 0 Å². The van der Waals surface area contributed by atoms with Crippen LogP contribution in [0.2, 0.25) is 0 Å². The van der Waals surface area contributed by atoms with Gasteiger partial charge in [-0.05, 0) is 30.7 Å². The molecule has 2 aromatic carbocycles. The maximum Gasteiger partial charge on any atom is 0.134 e. The minimum absolute atomic E-state index is 0.229. The van der Waals surface area contributed by atoms with Gasteiger partial charge in [0.15, 0.2) is 0 Å². The molecular weight excluding hydrogens is 239 g/mol. The fourth-order valence-corrected chi connectivity index (χ4v) is 2.14. The normalized spacial score (nSPS) is 10.6. The first-order chi connectivity index (χ1) is 9.24. The van der Waals surface area contributed by atoms with Crippen LogP contribution in [0, 0.1) is 12.7 Å². The monoisotopic (exact) mass is 252 g/mol. The summed E-state index contributed by atoms with van der Waals surface area (Å²) in [4.78, 5) is 0. The van der Waals surface area contributed by atoms with Crippen LogP contribution in [-0.4, -0.2) is 0 Å². The topological polar surface area (TPSA) is 13.1 Å². The predicted molar refractivity (Wildman–Crippen MR) is 74.3 cm³/mol. The SMILES string of the molecule is Cc1oc(-c2ccccc2)cc1-c1ccc(F)cc1. The van der Waals surface area contributed by atoms with Gasteiger partial charge in [-0.2, -0.15) is 0 Å². The smallest absolute Gasteiger partial charge is 0.134 e. The third-order valence-electron chi connectivity index (χ3n) is 3.13. The van der Waals surface area contributed by atoms with E-state index in [-0.39, 0.29) is 5.82 Å². The lowest BCUT2D eigenvalue weighted by atomic mass is 10.1. The lowest BCUT2D eigenvalue weighted by Crippen LogP contribution is -1.78. The van der Waals surface area contributed by atoms with E-state index in [2.05, 4.69) is 0 Å². The van der Waals surface area contributed by atoms with Gasteiger partial charge in [0.2, 0.25) is 0 Å². The van der Waals surface area contributed by atoms with Crippen LogP contribution in [0.1, 0.15) is 5.76 Å². The molecule has 0 aliphatic rings. The molecule has 0 amide bonds. The van der Waals surface area contributed by atoms with Crippen molar-refractivity contribution in [2.24, 2.45) is 0 Å². The third kappa shape index (κ3) is 2.29. The second-order valence-corrected chi connectivity index (χ2v) is 4.45. The highest BCUT2D eigenvalue weighted by molar-refractivity contribution is 5.72. The minimum atomic E-state index is -0.229. The fraction of sp³-hybridized carbons (Fsp3) is 0.0588. The van der Waals surface area contributed by atoms with Gasteiger partial charge in [-0.3, -0.25) is 0 Å². The van der Waals surface area contributed by atoms with Crippen molar-refractivity contribution in [3.63, 3.8) is 0 Å². The summed E-state index contributed by atoms with van der Waals surface area (Å²) in [6.07, 6.45) is 0. The summed E-state index contributed by atoms with van der Waals surface area (Å²) in [7, 11) is 0. The Morgan fingerprint density at radius 2 is 1.53 bits per heavy atom. The van der Waals surface area contributed by atoms with Crippen LogP contribution in [-0.2, 0) is 0 Å². The molecule has 0 bridgehead atoms. The highest BCUT2D eigenvalue weighted by Gasteiger charge is 2.10. The van der Waals surface area contributed by atoms with E-state index in [1.807, 2.05) is 43.3 Å². The molecule has 0 unspecified atom stereocenters. The van der Waals surface area contributed by atoms with E-state index in [0.717, 1.165) is 28.2 Å². The van der Waals surface area contributed by atoms with Gasteiger partial charge in [0.05, 0.1) is 0 Å². The largest absolute Gasteiger partial charge is 0.461 e. The fourth-order valence-electron chi connectivity index (χ4n) is 2.14. The molecule has 2 heteroatoms. The summed E-state index contributed by atoms with van der Waals surface area (Å²) in [5.41, 5.74) is 3.00. The molecule has 0 atom stereocenters. The minimum Gasteiger partial charge on any atom is -0.461 e. The number of hydrogen-bond donors (Lipinski definition) is 0. The lowest BCUT2D eigenvalue weighted by molar-refractivity contribution is 0.549. The van der Waals surface area contributed by atoms with E-state index in [9.17, 15) is 4.39 Å². The Morgan fingerprint density at radius 3 is 2.21 bits per heavy atom. The molecule has 1 aromatic heterocycles. The summed E-state index contributed by atoms with van der Waals surface area (Å²) in [6.45, 7) is 1.92. The summed E-state index contributed by atoms with van der Waals surface area (Å²) in [5.74, 6) is 1.44. The van der Waals surface area contributed by atoms with Gasteiger partial charge in [-0.15, -0.1) is 0 Å². The van der Waals surface area contributed by atoms with Crippen LogP contribution in [0.15, 0.2) is 65.1 Å². The van der Waals surface area contributed by atoms with E-state index < -0.39 is 0 Å². The van der Waals surface area contributed by atoms with Gasteiger partial charge < -0.3 is 4.42 Å². The van der Waals surface area contributed by atoms with Crippen LogP contribution in [0.4, 0.5) is 4.39 Å². The lowest BCUT2D eigenvalue weighted by Gasteiger charge is -1.97. The highest BCUT2D eigenvalue weighted by atomic mass is 19.1. The van der Waals surface area contributed by atoms with Crippen LogP contribution in [0.5, 0.6) is 0 Å².